The van der Waals surface area contributed by atoms with Gasteiger partial charge in [-0.1, -0.05) is 0 Å². The van der Waals surface area contributed by atoms with Crippen LogP contribution in [0, 0.1) is 0 Å². The number of hydrogen-bond acceptors (Lipinski definition) is 6. The Morgan fingerprint density at radius 2 is 1.53 bits per heavy atom. The van der Waals surface area contributed by atoms with Gasteiger partial charge in [-0.2, -0.15) is 5.10 Å². The fourth-order valence-electron chi connectivity index (χ4n) is 2.25. The van der Waals surface area contributed by atoms with Crippen molar-refractivity contribution in [2.45, 2.75) is 13.8 Å². The number of likely N-dealkylation sites (N-methyl/N-ethyl adjacent to an activating group) is 1. The Morgan fingerprint density at radius 3 is 2.17 bits per heavy atom. The molecule has 158 valence electrons. The molecule has 9 heteroatoms. The second-order valence-corrected chi connectivity index (χ2v) is 5.92. The quantitative estimate of drug-likeness (QED) is 0.329. The Balaban J connectivity index is 1.77. The molecule has 0 atom stereocenters. The van der Waals surface area contributed by atoms with E-state index in [4.69, 9.17) is 9.47 Å². The fourth-order valence-corrected chi connectivity index (χ4v) is 2.25. The minimum atomic E-state index is -0.841. The third kappa shape index (κ3) is 7.63. The highest BCUT2D eigenvalue weighted by Crippen LogP contribution is 2.16. The molecule has 2 aromatic carbocycles. The molecule has 30 heavy (non-hydrogen) atoms. The number of carbonyl (C=O) groups is 3. The molecule has 2 rings (SSSR count). The van der Waals surface area contributed by atoms with E-state index < -0.39 is 11.8 Å². The van der Waals surface area contributed by atoms with Crippen molar-refractivity contribution < 1.29 is 23.9 Å². The molecule has 0 unspecified atom stereocenters. The first-order valence-electron chi connectivity index (χ1n) is 9.38. The molecule has 0 spiro atoms. The number of benzene rings is 2. The zero-order chi connectivity index (χ0) is 21.8. The van der Waals surface area contributed by atoms with Gasteiger partial charge >= 0.3 is 11.8 Å². The van der Waals surface area contributed by atoms with Crippen LogP contribution in [-0.2, 0) is 14.4 Å². The van der Waals surface area contributed by atoms with E-state index in [0.29, 0.717) is 30.2 Å². The molecule has 0 fully saturated rings. The summed E-state index contributed by atoms with van der Waals surface area (Å²) in [6, 6.07) is 13.8. The standard InChI is InChI=1S/C21H24N4O5/c1-3-22-20(27)21(28)25-23-13-15-5-9-18(10-6-15)30-14-19(26)24-16-7-11-17(12-8-16)29-4-2/h5-13H,3-4,14H2,1-2H3,(H,22,27)(H,24,26)(H,25,28)/b23-13-. The summed E-state index contributed by atoms with van der Waals surface area (Å²) in [5.74, 6) is -0.647. The maximum Gasteiger partial charge on any atom is 0.329 e. The van der Waals surface area contributed by atoms with Gasteiger partial charge in [-0.25, -0.2) is 5.43 Å². The molecule has 0 saturated heterocycles. The first-order valence-corrected chi connectivity index (χ1v) is 9.38. The van der Waals surface area contributed by atoms with E-state index in [9.17, 15) is 14.4 Å². The summed E-state index contributed by atoms with van der Waals surface area (Å²) in [4.78, 5) is 34.7. The molecule has 3 N–H and O–H groups in total. The van der Waals surface area contributed by atoms with Crippen LogP contribution in [0.1, 0.15) is 19.4 Å². The largest absolute Gasteiger partial charge is 0.494 e. The average molecular weight is 412 g/mol. The monoisotopic (exact) mass is 412 g/mol. The fraction of sp³-hybridized carbons (Fsp3) is 0.238. The summed E-state index contributed by atoms with van der Waals surface area (Å²) in [5.41, 5.74) is 3.46. The molecule has 3 amide bonds. The van der Waals surface area contributed by atoms with Gasteiger partial charge in [-0.15, -0.1) is 0 Å². The van der Waals surface area contributed by atoms with Gasteiger partial charge in [0, 0.05) is 12.2 Å². The number of amides is 3. The number of rotatable bonds is 9. The lowest BCUT2D eigenvalue weighted by Crippen LogP contribution is -2.37. The summed E-state index contributed by atoms with van der Waals surface area (Å²) in [6.07, 6.45) is 1.39. The molecule has 2 aromatic rings. The highest BCUT2D eigenvalue weighted by Gasteiger charge is 2.10. The molecule has 0 aliphatic carbocycles. The zero-order valence-electron chi connectivity index (χ0n) is 16.8. The Kier molecular flexibility index (Phi) is 8.85. The van der Waals surface area contributed by atoms with Crippen molar-refractivity contribution >= 4 is 29.6 Å². The van der Waals surface area contributed by atoms with Crippen molar-refractivity contribution in [2.75, 3.05) is 25.1 Å². The van der Waals surface area contributed by atoms with Gasteiger partial charge < -0.3 is 20.1 Å². The number of carbonyl (C=O) groups excluding carboxylic acids is 3. The van der Waals surface area contributed by atoms with E-state index in [1.54, 1.807) is 55.5 Å². The molecule has 0 heterocycles. The predicted octanol–water partition coefficient (Wildman–Crippen LogP) is 1.69. The molecule has 0 radical (unpaired) electrons. The molecular weight excluding hydrogens is 388 g/mol. The molecule has 0 aliphatic heterocycles. The number of nitrogens with one attached hydrogen (secondary N) is 3. The van der Waals surface area contributed by atoms with Gasteiger partial charge in [0.1, 0.15) is 11.5 Å². The molecular formula is C21H24N4O5. The molecule has 0 aliphatic rings. The van der Waals surface area contributed by atoms with Crippen LogP contribution in [0.15, 0.2) is 53.6 Å². The van der Waals surface area contributed by atoms with Crippen LogP contribution < -0.4 is 25.5 Å². The summed E-state index contributed by atoms with van der Waals surface area (Å²) in [5, 5.41) is 8.82. The van der Waals surface area contributed by atoms with Crippen molar-refractivity contribution in [1.82, 2.24) is 10.7 Å². The number of anilines is 1. The molecule has 0 aromatic heterocycles. The van der Waals surface area contributed by atoms with Gasteiger partial charge in [0.05, 0.1) is 12.8 Å². The van der Waals surface area contributed by atoms with Crippen LogP contribution in [0.4, 0.5) is 5.69 Å². The summed E-state index contributed by atoms with van der Waals surface area (Å²) in [7, 11) is 0. The van der Waals surface area contributed by atoms with Crippen LogP contribution in [0.3, 0.4) is 0 Å². The Hall–Kier alpha value is -3.88. The highest BCUT2D eigenvalue weighted by atomic mass is 16.5. The third-order valence-electron chi connectivity index (χ3n) is 3.62. The summed E-state index contributed by atoms with van der Waals surface area (Å²) in [6.45, 7) is 4.40. The lowest BCUT2D eigenvalue weighted by atomic mass is 10.2. The van der Waals surface area contributed by atoms with Crippen LogP contribution in [0.25, 0.3) is 0 Å². The van der Waals surface area contributed by atoms with Crippen LogP contribution in [-0.4, -0.2) is 43.7 Å². The number of hydrazone groups is 1. The Labute approximate surface area is 174 Å². The van der Waals surface area contributed by atoms with Gasteiger partial charge in [-0.3, -0.25) is 14.4 Å². The molecule has 0 bridgehead atoms. The van der Waals surface area contributed by atoms with Crippen molar-refractivity contribution in [3.8, 4) is 11.5 Å². The first kappa shape index (κ1) is 22.4. The summed E-state index contributed by atoms with van der Waals surface area (Å²) < 4.78 is 10.8. The average Bonchev–Trinajstić information content (AvgIpc) is 2.75. The van der Waals surface area contributed by atoms with Crippen molar-refractivity contribution in [1.29, 1.82) is 0 Å². The van der Waals surface area contributed by atoms with E-state index in [0.717, 1.165) is 5.75 Å². The maximum atomic E-state index is 12.0. The maximum absolute atomic E-state index is 12.0. The molecule has 0 saturated carbocycles. The lowest BCUT2D eigenvalue weighted by molar-refractivity contribution is -0.139. The minimum absolute atomic E-state index is 0.150. The zero-order valence-corrected chi connectivity index (χ0v) is 16.8. The third-order valence-corrected chi connectivity index (χ3v) is 3.62. The Bertz CT molecular complexity index is 879. The van der Waals surface area contributed by atoms with Gasteiger partial charge in [0.25, 0.3) is 5.91 Å². The Morgan fingerprint density at radius 1 is 0.900 bits per heavy atom. The number of hydrogen-bond donors (Lipinski definition) is 3. The second kappa shape index (κ2) is 11.8. The van der Waals surface area contributed by atoms with Gasteiger partial charge in [0.15, 0.2) is 6.61 Å². The van der Waals surface area contributed by atoms with E-state index >= 15 is 0 Å². The van der Waals surface area contributed by atoms with Crippen molar-refractivity contribution in [3.05, 3.63) is 54.1 Å². The van der Waals surface area contributed by atoms with Gasteiger partial charge in [-0.05, 0) is 67.9 Å². The summed E-state index contributed by atoms with van der Waals surface area (Å²) >= 11 is 0. The lowest BCUT2D eigenvalue weighted by Gasteiger charge is -2.08. The van der Waals surface area contributed by atoms with E-state index in [-0.39, 0.29) is 12.5 Å². The van der Waals surface area contributed by atoms with E-state index in [2.05, 4.69) is 21.2 Å². The highest BCUT2D eigenvalue weighted by molar-refractivity contribution is 6.35. The SMILES string of the molecule is CCNC(=O)C(=O)N/N=C\c1ccc(OCC(=O)Nc2ccc(OCC)cc2)cc1. The van der Waals surface area contributed by atoms with Crippen molar-refractivity contribution in [2.24, 2.45) is 5.10 Å². The molecule has 9 nitrogen and oxygen atoms in total. The smallest absolute Gasteiger partial charge is 0.329 e. The number of nitrogens with zero attached hydrogens (tertiary/aromatic N) is 1. The first-order chi connectivity index (χ1) is 14.5. The van der Waals surface area contributed by atoms with Crippen molar-refractivity contribution in [3.63, 3.8) is 0 Å². The van der Waals surface area contributed by atoms with E-state index in [1.165, 1.54) is 6.21 Å². The minimum Gasteiger partial charge on any atom is -0.494 e. The van der Waals surface area contributed by atoms with Crippen LogP contribution >= 0.6 is 0 Å². The topological polar surface area (TPSA) is 118 Å². The van der Waals surface area contributed by atoms with Crippen LogP contribution in [0.5, 0.6) is 11.5 Å². The van der Waals surface area contributed by atoms with Crippen LogP contribution in [0.2, 0.25) is 0 Å². The predicted molar refractivity (Wildman–Crippen MR) is 113 cm³/mol. The van der Waals surface area contributed by atoms with E-state index in [1.807, 2.05) is 6.92 Å². The normalized spacial score (nSPS) is 10.3. The number of ether oxygens (including phenoxy) is 2. The van der Waals surface area contributed by atoms with Gasteiger partial charge in [0.2, 0.25) is 0 Å². The second-order valence-electron chi connectivity index (χ2n) is 5.92.